The molecule has 0 N–H and O–H groups in total. The van der Waals surface area contributed by atoms with E-state index in [0.29, 0.717) is 6.61 Å². The first-order chi connectivity index (χ1) is 4.97. The molecule has 1 aromatic rings. The molecule has 0 fully saturated rings. The quantitative estimate of drug-likeness (QED) is 0.476. The zero-order valence-corrected chi connectivity index (χ0v) is 6.88. The first kappa shape index (κ1) is 25.3. The van der Waals surface area contributed by atoms with Crippen LogP contribution in [0.4, 0.5) is 0 Å². The molecule has 1 aromatic carbocycles. The van der Waals surface area contributed by atoms with Crippen molar-refractivity contribution in [2.24, 2.45) is 0 Å². The Balaban J connectivity index is -0.000000121. The topological polar surface area (TPSA) is 9.23 Å². The second-order valence-corrected chi connectivity index (χ2v) is 2.25. The summed E-state index contributed by atoms with van der Waals surface area (Å²) in [4.78, 5) is 0. The second kappa shape index (κ2) is 13.4. The number of hydrogen-bond acceptors (Lipinski definition) is 1. The minimum Gasteiger partial charge on any atom is -0.489 e. The van der Waals surface area contributed by atoms with Gasteiger partial charge in [-0.2, -0.15) is 0 Å². The van der Waals surface area contributed by atoms with Crippen molar-refractivity contribution in [1.29, 1.82) is 0 Å². The minimum absolute atomic E-state index is 0. The molecular formula is C9H20Al4NiO. The number of hydrogen-bond donors (Lipinski definition) is 0. The Bertz CT molecular complexity index is 281. The normalized spacial score (nSPS) is 9.33. The molecule has 0 amide bonds. The Hall–Kier alpha value is 1.38. The van der Waals surface area contributed by atoms with E-state index in [0.717, 1.165) is 5.75 Å². The van der Waals surface area contributed by atoms with Gasteiger partial charge in [0.15, 0.2) is 69.4 Å². The molecule has 0 saturated carbocycles. The third-order valence-corrected chi connectivity index (χ3v) is 1.55. The smallest absolute Gasteiger partial charge is 0.187 e. The molecule has 1 heterocycles. The molecule has 2 rings (SSSR count). The Labute approximate surface area is 143 Å². The monoisotopic (exact) mass is 310 g/mol. The van der Waals surface area contributed by atoms with E-state index in [4.69, 9.17) is 4.74 Å². The van der Waals surface area contributed by atoms with E-state index in [9.17, 15) is 0 Å². The Morgan fingerprint density at radius 3 is 2.13 bits per heavy atom. The zero-order valence-electron chi connectivity index (χ0n) is 5.90. The molecule has 0 radical (unpaired) electrons. The zero-order chi connectivity index (χ0) is 6.81. The summed E-state index contributed by atoms with van der Waals surface area (Å²) in [5, 5.41) is 0. The fraction of sp³-hybridized carbons (Fsp3) is 0.111. The van der Waals surface area contributed by atoms with Crippen LogP contribution in [0.25, 0.3) is 6.08 Å². The summed E-state index contributed by atoms with van der Waals surface area (Å²) in [5.74, 6) is 0.991. The predicted octanol–water partition coefficient (Wildman–Crippen LogP) is -2.65. The molecule has 1 nitrogen and oxygen atoms in total. The standard InChI is InChI=1S/C9H8O.4Al.Ni.12H/c1-2-6-9-8(4-1)5-3-7-10-9;;;;;;;;;;;;;;;;;/h1-6H,7H2;;;;;;;;;;;;;;;;;. The third kappa shape index (κ3) is 7.33. The first-order valence-electron chi connectivity index (χ1n) is 3.35. The van der Waals surface area contributed by atoms with Crippen LogP contribution in [0.5, 0.6) is 5.75 Å². The van der Waals surface area contributed by atoms with Gasteiger partial charge in [0.2, 0.25) is 0 Å². The van der Waals surface area contributed by atoms with Crippen molar-refractivity contribution in [3.63, 3.8) is 0 Å². The Kier molecular flexibility index (Phi) is 22.7. The van der Waals surface area contributed by atoms with Crippen LogP contribution in [0.3, 0.4) is 0 Å². The van der Waals surface area contributed by atoms with Crippen LogP contribution < -0.4 is 4.74 Å². The molecule has 84 valence electrons. The SMILES string of the molecule is C1=Cc2ccccc2OC1.[AlH3].[AlH3].[AlH3].[AlH3].[Ni]. The average Bonchev–Trinajstić information content (AvgIpc) is 2.05. The van der Waals surface area contributed by atoms with Crippen molar-refractivity contribution in [2.75, 3.05) is 6.61 Å². The minimum atomic E-state index is 0. The summed E-state index contributed by atoms with van der Waals surface area (Å²) in [6, 6.07) is 8.03. The van der Waals surface area contributed by atoms with Gasteiger partial charge in [-0.25, -0.2) is 0 Å². The van der Waals surface area contributed by atoms with Gasteiger partial charge in [0.25, 0.3) is 0 Å². The maximum absolute atomic E-state index is 5.34. The van der Waals surface area contributed by atoms with Gasteiger partial charge >= 0.3 is 0 Å². The van der Waals surface area contributed by atoms with E-state index < -0.39 is 0 Å². The summed E-state index contributed by atoms with van der Waals surface area (Å²) in [5.41, 5.74) is 1.17. The van der Waals surface area contributed by atoms with Crippen molar-refractivity contribution < 1.29 is 21.2 Å². The molecule has 0 aromatic heterocycles. The van der Waals surface area contributed by atoms with Crippen LogP contribution in [0.1, 0.15) is 5.56 Å². The van der Waals surface area contributed by atoms with E-state index in [-0.39, 0.29) is 85.9 Å². The second-order valence-electron chi connectivity index (χ2n) is 2.25. The summed E-state index contributed by atoms with van der Waals surface area (Å²) in [6.07, 6.45) is 4.10. The Morgan fingerprint density at radius 1 is 0.933 bits per heavy atom. The van der Waals surface area contributed by atoms with Crippen molar-refractivity contribution in [3.8, 4) is 5.75 Å². The molecule has 0 atom stereocenters. The van der Waals surface area contributed by atoms with Gasteiger partial charge in [0.05, 0.1) is 0 Å². The van der Waals surface area contributed by atoms with Gasteiger partial charge < -0.3 is 4.74 Å². The van der Waals surface area contributed by atoms with Crippen molar-refractivity contribution in [3.05, 3.63) is 35.9 Å². The van der Waals surface area contributed by atoms with Gasteiger partial charge in [0, 0.05) is 22.1 Å². The summed E-state index contributed by atoms with van der Waals surface area (Å²) in [6.45, 7) is 0.705. The maximum Gasteiger partial charge on any atom is 0.187 e. The molecule has 1 aliphatic rings. The van der Waals surface area contributed by atoms with Crippen LogP contribution in [-0.2, 0) is 16.5 Å². The number of para-hydroxylation sites is 1. The summed E-state index contributed by atoms with van der Waals surface area (Å²) in [7, 11) is 0. The fourth-order valence-electron chi connectivity index (χ4n) is 1.06. The number of benzene rings is 1. The number of rotatable bonds is 0. The van der Waals surface area contributed by atoms with Crippen LogP contribution in [0, 0.1) is 0 Å². The van der Waals surface area contributed by atoms with E-state index >= 15 is 0 Å². The largest absolute Gasteiger partial charge is 0.489 e. The van der Waals surface area contributed by atoms with Gasteiger partial charge in [-0.3, -0.25) is 0 Å². The number of fused-ring (bicyclic) bond motifs is 1. The third-order valence-electron chi connectivity index (χ3n) is 1.55. The molecule has 0 spiro atoms. The van der Waals surface area contributed by atoms with E-state index in [1.54, 1.807) is 0 Å². The summed E-state index contributed by atoms with van der Waals surface area (Å²) >= 11 is 0. The van der Waals surface area contributed by atoms with Gasteiger partial charge in [-0.05, 0) is 12.1 Å². The predicted molar refractivity (Wildman–Crippen MR) is 80.7 cm³/mol. The molecule has 1 aliphatic heterocycles. The first-order valence-corrected chi connectivity index (χ1v) is 3.35. The van der Waals surface area contributed by atoms with E-state index in [1.807, 2.05) is 30.3 Å². The van der Waals surface area contributed by atoms with Crippen LogP contribution in [-0.4, -0.2) is 76.1 Å². The average molecular weight is 311 g/mol. The van der Waals surface area contributed by atoms with Crippen molar-refractivity contribution in [2.45, 2.75) is 0 Å². The van der Waals surface area contributed by atoms with Gasteiger partial charge in [-0.15, -0.1) is 0 Å². The van der Waals surface area contributed by atoms with Crippen LogP contribution >= 0.6 is 0 Å². The molecule has 6 heteroatoms. The van der Waals surface area contributed by atoms with Crippen LogP contribution in [0.2, 0.25) is 0 Å². The molecule has 0 aliphatic carbocycles. The van der Waals surface area contributed by atoms with E-state index in [2.05, 4.69) is 6.08 Å². The molecule has 0 bridgehead atoms. The number of ether oxygens (including phenoxy) is 1. The molecule has 15 heavy (non-hydrogen) atoms. The molecule has 0 unspecified atom stereocenters. The Morgan fingerprint density at radius 2 is 1.53 bits per heavy atom. The molecular weight excluding hydrogens is 291 g/mol. The molecule has 0 saturated heterocycles. The van der Waals surface area contributed by atoms with Crippen molar-refractivity contribution >= 4 is 75.5 Å². The summed E-state index contributed by atoms with van der Waals surface area (Å²) < 4.78 is 5.34. The van der Waals surface area contributed by atoms with Gasteiger partial charge in [-0.1, -0.05) is 24.3 Å². The van der Waals surface area contributed by atoms with Gasteiger partial charge in [0.1, 0.15) is 12.4 Å². The van der Waals surface area contributed by atoms with Crippen molar-refractivity contribution in [1.82, 2.24) is 0 Å². The maximum atomic E-state index is 5.34. The van der Waals surface area contributed by atoms with Crippen LogP contribution in [0.15, 0.2) is 30.3 Å². The van der Waals surface area contributed by atoms with E-state index in [1.165, 1.54) is 5.56 Å². The fourth-order valence-corrected chi connectivity index (χ4v) is 1.06.